The zero-order valence-corrected chi connectivity index (χ0v) is 9.24. The Kier molecular flexibility index (Phi) is 2.24. The molecule has 0 amide bonds. The highest BCUT2D eigenvalue weighted by molar-refractivity contribution is 5.04. The van der Waals surface area contributed by atoms with Crippen LogP contribution in [0.2, 0.25) is 0 Å². The summed E-state index contributed by atoms with van der Waals surface area (Å²) in [6, 6.07) is 1.07. The van der Waals surface area contributed by atoms with Crippen molar-refractivity contribution in [3.63, 3.8) is 0 Å². The van der Waals surface area contributed by atoms with Crippen molar-refractivity contribution >= 4 is 0 Å². The van der Waals surface area contributed by atoms with Gasteiger partial charge in [-0.3, -0.25) is 0 Å². The van der Waals surface area contributed by atoms with E-state index in [4.69, 9.17) is 0 Å². The van der Waals surface area contributed by atoms with Gasteiger partial charge in [-0.15, -0.1) is 10.2 Å². The smallest absolute Gasteiger partial charge is 0.149 e. The Bertz CT molecular complexity index is 353. The first-order valence-electron chi connectivity index (χ1n) is 6.02. The fourth-order valence-electron chi connectivity index (χ4n) is 2.50. The van der Waals surface area contributed by atoms with Crippen molar-refractivity contribution in [1.29, 1.82) is 0 Å². The number of nitrogens with one attached hydrogen (secondary N) is 1. The van der Waals surface area contributed by atoms with Crippen molar-refractivity contribution in [2.45, 2.75) is 57.7 Å². The van der Waals surface area contributed by atoms with E-state index in [2.05, 4.69) is 27.0 Å². The fraction of sp³-hybridized carbons (Fsp3) is 0.818. The van der Waals surface area contributed by atoms with Gasteiger partial charge in [0.05, 0.1) is 6.04 Å². The number of fused-ring (bicyclic) bond motifs is 1. The summed E-state index contributed by atoms with van der Waals surface area (Å²) in [6.45, 7) is 3.31. The predicted molar refractivity (Wildman–Crippen MR) is 57.5 cm³/mol. The van der Waals surface area contributed by atoms with Crippen molar-refractivity contribution in [3.05, 3.63) is 11.6 Å². The first-order valence-corrected chi connectivity index (χ1v) is 6.02. The van der Waals surface area contributed by atoms with Gasteiger partial charge in [-0.25, -0.2) is 0 Å². The first-order chi connectivity index (χ1) is 7.34. The lowest BCUT2D eigenvalue weighted by molar-refractivity contribution is 0.305. The number of hydrogen-bond donors (Lipinski definition) is 1. The molecule has 4 heteroatoms. The lowest BCUT2D eigenvalue weighted by Gasteiger charge is -2.29. The number of rotatable bonds is 3. The standard InChI is InChI=1S/C11H18N4/c1-8(12-9-4-2-5-9)11-14-13-10-6-3-7-15(10)11/h8-9,12H,2-7H2,1H3. The topological polar surface area (TPSA) is 42.7 Å². The third-order valence-corrected chi connectivity index (χ3v) is 3.62. The van der Waals surface area contributed by atoms with E-state index in [1.165, 1.54) is 31.5 Å². The minimum atomic E-state index is 0.356. The summed E-state index contributed by atoms with van der Waals surface area (Å²) in [6.07, 6.45) is 6.36. The molecule has 2 heterocycles. The van der Waals surface area contributed by atoms with Gasteiger partial charge in [0, 0.05) is 19.0 Å². The quantitative estimate of drug-likeness (QED) is 0.813. The molecule has 3 rings (SSSR count). The van der Waals surface area contributed by atoms with Crippen LogP contribution in [-0.2, 0) is 13.0 Å². The van der Waals surface area contributed by atoms with Gasteiger partial charge in [-0.2, -0.15) is 0 Å². The average Bonchev–Trinajstić information content (AvgIpc) is 2.71. The molecular formula is C11H18N4. The van der Waals surface area contributed by atoms with Crippen molar-refractivity contribution in [1.82, 2.24) is 20.1 Å². The van der Waals surface area contributed by atoms with Gasteiger partial charge in [-0.05, 0) is 26.2 Å². The molecule has 1 atom stereocenters. The van der Waals surface area contributed by atoms with Crippen molar-refractivity contribution in [2.75, 3.05) is 0 Å². The summed E-state index contributed by atoms with van der Waals surface area (Å²) in [5.74, 6) is 2.31. The van der Waals surface area contributed by atoms with E-state index in [0.717, 1.165) is 18.8 Å². The van der Waals surface area contributed by atoms with Crippen LogP contribution in [0.1, 0.15) is 50.3 Å². The maximum Gasteiger partial charge on any atom is 0.149 e. The molecule has 1 aromatic heterocycles. The van der Waals surface area contributed by atoms with Crippen LogP contribution >= 0.6 is 0 Å². The van der Waals surface area contributed by atoms with Gasteiger partial charge in [0.25, 0.3) is 0 Å². The predicted octanol–water partition coefficient (Wildman–Crippen LogP) is 1.43. The third-order valence-electron chi connectivity index (χ3n) is 3.62. The molecule has 1 aliphatic carbocycles. The van der Waals surface area contributed by atoms with Crippen LogP contribution in [-0.4, -0.2) is 20.8 Å². The summed E-state index contributed by atoms with van der Waals surface area (Å²) in [5.41, 5.74) is 0. The summed E-state index contributed by atoms with van der Waals surface area (Å²) in [5, 5.41) is 12.2. The molecule has 1 N–H and O–H groups in total. The highest BCUT2D eigenvalue weighted by Gasteiger charge is 2.25. The molecule has 0 bridgehead atoms. The van der Waals surface area contributed by atoms with E-state index in [-0.39, 0.29) is 0 Å². The van der Waals surface area contributed by atoms with Crippen molar-refractivity contribution < 1.29 is 0 Å². The van der Waals surface area contributed by atoms with Crippen LogP contribution in [0.5, 0.6) is 0 Å². The number of nitrogens with zero attached hydrogens (tertiary/aromatic N) is 3. The van der Waals surface area contributed by atoms with E-state index in [0.29, 0.717) is 12.1 Å². The van der Waals surface area contributed by atoms with Gasteiger partial charge >= 0.3 is 0 Å². The number of aryl methyl sites for hydroxylation is 1. The molecule has 0 saturated heterocycles. The van der Waals surface area contributed by atoms with E-state index >= 15 is 0 Å². The second kappa shape index (κ2) is 3.59. The lowest BCUT2D eigenvalue weighted by Crippen LogP contribution is -2.37. The molecule has 15 heavy (non-hydrogen) atoms. The Balaban J connectivity index is 1.73. The van der Waals surface area contributed by atoms with E-state index < -0.39 is 0 Å². The lowest BCUT2D eigenvalue weighted by atomic mass is 9.92. The van der Waals surface area contributed by atoms with Crippen LogP contribution in [0.4, 0.5) is 0 Å². The first kappa shape index (κ1) is 9.33. The minimum absolute atomic E-state index is 0.356. The van der Waals surface area contributed by atoms with E-state index in [1.54, 1.807) is 0 Å². The molecule has 1 fully saturated rings. The van der Waals surface area contributed by atoms with Crippen molar-refractivity contribution in [3.8, 4) is 0 Å². The van der Waals surface area contributed by atoms with Crippen molar-refractivity contribution in [2.24, 2.45) is 0 Å². The molecule has 1 aliphatic heterocycles. The maximum absolute atomic E-state index is 4.30. The Morgan fingerprint density at radius 1 is 1.33 bits per heavy atom. The highest BCUT2D eigenvalue weighted by Crippen LogP contribution is 2.24. The number of aromatic nitrogens is 3. The summed E-state index contributed by atoms with van der Waals surface area (Å²) in [7, 11) is 0. The molecule has 1 saturated carbocycles. The fourth-order valence-corrected chi connectivity index (χ4v) is 2.50. The molecule has 1 unspecified atom stereocenters. The van der Waals surface area contributed by atoms with Gasteiger partial charge < -0.3 is 9.88 Å². The average molecular weight is 206 g/mol. The Morgan fingerprint density at radius 2 is 2.20 bits per heavy atom. The van der Waals surface area contributed by atoms with Crippen LogP contribution in [0.25, 0.3) is 0 Å². The van der Waals surface area contributed by atoms with Crippen LogP contribution in [0, 0.1) is 0 Å². The highest BCUT2D eigenvalue weighted by atomic mass is 15.3. The maximum atomic E-state index is 4.30. The molecule has 0 radical (unpaired) electrons. The van der Waals surface area contributed by atoms with Gasteiger partial charge in [0.1, 0.15) is 11.6 Å². The van der Waals surface area contributed by atoms with Crippen LogP contribution in [0.15, 0.2) is 0 Å². The Morgan fingerprint density at radius 3 is 2.93 bits per heavy atom. The SMILES string of the molecule is CC(NC1CCC1)c1nnc2n1CCC2. The third kappa shape index (κ3) is 1.57. The second-order valence-electron chi connectivity index (χ2n) is 4.75. The normalized spacial score (nSPS) is 22.5. The van der Waals surface area contributed by atoms with Crippen LogP contribution < -0.4 is 5.32 Å². The summed E-state index contributed by atoms with van der Waals surface area (Å²) in [4.78, 5) is 0. The summed E-state index contributed by atoms with van der Waals surface area (Å²) >= 11 is 0. The van der Waals surface area contributed by atoms with Gasteiger partial charge in [-0.1, -0.05) is 6.42 Å². The second-order valence-corrected chi connectivity index (χ2v) is 4.75. The molecule has 0 aromatic carbocycles. The van der Waals surface area contributed by atoms with Crippen LogP contribution in [0.3, 0.4) is 0 Å². The Labute approximate surface area is 90.1 Å². The summed E-state index contributed by atoms with van der Waals surface area (Å²) < 4.78 is 2.29. The molecular weight excluding hydrogens is 188 g/mol. The molecule has 2 aliphatic rings. The largest absolute Gasteiger partial charge is 0.314 e. The van der Waals surface area contributed by atoms with E-state index in [1.807, 2.05) is 0 Å². The minimum Gasteiger partial charge on any atom is -0.314 e. The van der Waals surface area contributed by atoms with E-state index in [9.17, 15) is 0 Å². The zero-order chi connectivity index (χ0) is 10.3. The zero-order valence-electron chi connectivity index (χ0n) is 9.24. The van der Waals surface area contributed by atoms with Gasteiger partial charge in [0.15, 0.2) is 0 Å². The Hall–Kier alpha value is -0.900. The molecule has 4 nitrogen and oxygen atoms in total. The molecule has 82 valence electrons. The van der Waals surface area contributed by atoms with Gasteiger partial charge in [0.2, 0.25) is 0 Å². The number of hydrogen-bond acceptors (Lipinski definition) is 3. The monoisotopic (exact) mass is 206 g/mol. The molecule has 1 aromatic rings. The molecule has 0 spiro atoms.